The van der Waals surface area contributed by atoms with Crippen molar-refractivity contribution >= 4 is 21.7 Å². The summed E-state index contributed by atoms with van der Waals surface area (Å²) in [6.45, 7) is 1.72. The highest BCUT2D eigenvalue weighted by molar-refractivity contribution is 7.90. The average molecular weight is 312 g/mol. The molecule has 0 bridgehead atoms. The van der Waals surface area contributed by atoms with Crippen molar-refractivity contribution in [2.75, 3.05) is 22.8 Å². The zero-order valence-corrected chi connectivity index (χ0v) is 12.4. The van der Waals surface area contributed by atoms with E-state index < -0.39 is 9.84 Å². The summed E-state index contributed by atoms with van der Waals surface area (Å²) < 4.78 is 24.0. The average Bonchev–Trinajstić information content (AvgIpc) is 2.89. The Kier molecular flexibility index (Phi) is 4.33. The van der Waals surface area contributed by atoms with Crippen LogP contribution in [0.1, 0.15) is 6.92 Å². The van der Waals surface area contributed by atoms with Gasteiger partial charge in [0.05, 0.1) is 5.75 Å². The van der Waals surface area contributed by atoms with Crippen molar-refractivity contribution in [2.45, 2.75) is 13.0 Å². The minimum atomic E-state index is -3.10. The molecule has 0 saturated heterocycles. The number of hydrazine groups is 1. The Morgan fingerprint density at radius 3 is 2.62 bits per heavy atom. The first-order chi connectivity index (χ1) is 9.87. The minimum absolute atomic E-state index is 0.0405. The number of sulfone groups is 1. The van der Waals surface area contributed by atoms with Crippen LogP contribution in [-0.4, -0.2) is 51.2 Å². The van der Waals surface area contributed by atoms with Crippen LogP contribution in [0.3, 0.4) is 0 Å². The van der Waals surface area contributed by atoms with Crippen molar-refractivity contribution < 1.29 is 8.42 Å². The van der Waals surface area contributed by atoms with Crippen molar-refractivity contribution in [2.24, 2.45) is 5.84 Å². The molecule has 11 heteroatoms. The Bertz CT molecular complexity index is 700. The molecule has 10 nitrogen and oxygen atoms in total. The van der Waals surface area contributed by atoms with Gasteiger partial charge in [0.1, 0.15) is 9.84 Å². The van der Waals surface area contributed by atoms with Gasteiger partial charge in [0, 0.05) is 24.7 Å². The monoisotopic (exact) mass is 312 g/mol. The number of hydrogen-bond donors (Lipinski definition) is 3. The quantitative estimate of drug-likeness (QED) is 0.461. The number of rotatable bonds is 6. The van der Waals surface area contributed by atoms with Crippen LogP contribution in [0.25, 0.3) is 5.95 Å². The van der Waals surface area contributed by atoms with Gasteiger partial charge < -0.3 is 5.32 Å². The first-order valence-corrected chi connectivity index (χ1v) is 8.10. The lowest BCUT2D eigenvalue weighted by atomic mass is 10.4. The zero-order chi connectivity index (χ0) is 15.5. The predicted octanol–water partition coefficient (Wildman–Crippen LogP) is -0.812. The molecule has 1 atom stereocenters. The summed E-state index contributed by atoms with van der Waals surface area (Å²) in [4.78, 5) is 12.3. The first-order valence-electron chi connectivity index (χ1n) is 6.04. The van der Waals surface area contributed by atoms with Crippen LogP contribution in [0.5, 0.6) is 0 Å². The third kappa shape index (κ3) is 4.36. The van der Waals surface area contributed by atoms with Crippen molar-refractivity contribution in [3.05, 3.63) is 18.5 Å². The lowest BCUT2D eigenvalue weighted by Crippen LogP contribution is -2.27. The zero-order valence-electron chi connectivity index (χ0n) is 11.6. The van der Waals surface area contributed by atoms with Gasteiger partial charge in [-0.2, -0.15) is 20.1 Å². The topological polar surface area (TPSA) is 141 Å². The van der Waals surface area contributed by atoms with Gasteiger partial charge in [0.2, 0.25) is 11.9 Å². The molecule has 1 unspecified atom stereocenters. The molecular weight excluding hydrogens is 296 g/mol. The summed E-state index contributed by atoms with van der Waals surface area (Å²) in [5.41, 5.74) is 2.33. The van der Waals surface area contributed by atoms with E-state index in [1.54, 1.807) is 25.4 Å². The number of hydrogen-bond acceptors (Lipinski definition) is 9. The van der Waals surface area contributed by atoms with Gasteiger partial charge in [-0.25, -0.2) is 18.9 Å². The Morgan fingerprint density at radius 1 is 1.33 bits per heavy atom. The van der Waals surface area contributed by atoms with E-state index in [1.165, 1.54) is 10.9 Å². The summed E-state index contributed by atoms with van der Waals surface area (Å²) in [5, 5.41) is 6.91. The molecule has 2 rings (SSSR count). The Balaban J connectivity index is 2.25. The molecule has 0 aliphatic heterocycles. The van der Waals surface area contributed by atoms with E-state index in [0.29, 0.717) is 0 Å². The molecule has 0 aliphatic rings. The first kappa shape index (κ1) is 15.1. The predicted molar refractivity (Wildman–Crippen MR) is 77.6 cm³/mol. The van der Waals surface area contributed by atoms with Gasteiger partial charge in [-0.05, 0) is 13.0 Å². The summed E-state index contributed by atoms with van der Waals surface area (Å²) in [7, 11) is -3.10. The normalized spacial score (nSPS) is 12.9. The van der Waals surface area contributed by atoms with E-state index in [1.807, 2.05) is 0 Å². The summed E-state index contributed by atoms with van der Waals surface area (Å²) in [5.74, 6) is 5.89. The van der Waals surface area contributed by atoms with Crippen molar-refractivity contribution in [1.29, 1.82) is 0 Å². The lowest BCUT2D eigenvalue weighted by molar-refractivity contribution is 0.597. The molecule has 2 aromatic rings. The number of nitrogens with zero attached hydrogens (tertiary/aromatic N) is 5. The number of nitrogen functional groups attached to an aromatic ring is 1. The Hall–Kier alpha value is -2.27. The molecule has 0 aliphatic carbocycles. The summed E-state index contributed by atoms with van der Waals surface area (Å²) in [6, 6.07) is 1.36. The van der Waals surface area contributed by atoms with Crippen molar-refractivity contribution in [3.8, 4) is 5.95 Å². The van der Waals surface area contributed by atoms with E-state index in [0.717, 1.165) is 0 Å². The minimum Gasteiger partial charge on any atom is -0.351 e. The van der Waals surface area contributed by atoms with Gasteiger partial charge >= 0.3 is 0 Å². The van der Waals surface area contributed by atoms with E-state index in [4.69, 9.17) is 5.84 Å². The van der Waals surface area contributed by atoms with Crippen LogP contribution < -0.4 is 16.6 Å². The second kappa shape index (κ2) is 6.01. The molecule has 2 heterocycles. The van der Waals surface area contributed by atoms with Gasteiger partial charge in [-0.1, -0.05) is 0 Å². The van der Waals surface area contributed by atoms with Gasteiger partial charge in [-0.15, -0.1) is 0 Å². The highest BCUT2D eigenvalue weighted by atomic mass is 32.2. The molecule has 2 aromatic heterocycles. The fourth-order valence-corrected chi connectivity index (χ4v) is 2.69. The molecular formula is C10H16N8O2S. The van der Waals surface area contributed by atoms with Crippen LogP contribution in [-0.2, 0) is 9.84 Å². The summed E-state index contributed by atoms with van der Waals surface area (Å²) >= 11 is 0. The highest BCUT2D eigenvalue weighted by Gasteiger charge is 2.14. The summed E-state index contributed by atoms with van der Waals surface area (Å²) in [6.07, 6.45) is 4.42. The van der Waals surface area contributed by atoms with Crippen LogP contribution in [0.4, 0.5) is 11.9 Å². The molecule has 0 amide bonds. The standard InChI is InChI=1S/C10H16N8O2S/c1-7(6-21(2,19)20)13-8-14-9(17-11)16-10(15-8)18-5-3-4-12-18/h3-5,7H,6,11H2,1-2H3,(H2,13,14,15,16,17). The van der Waals surface area contributed by atoms with E-state index in [-0.39, 0.29) is 29.6 Å². The third-order valence-corrected chi connectivity index (χ3v) is 3.50. The fourth-order valence-electron chi connectivity index (χ4n) is 1.70. The molecule has 0 fully saturated rings. The maximum Gasteiger partial charge on any atom is 0.257 e. The Morgan fingerprint density at radius 2 is 2.05 bits per heavy atom. The van der Waals surface area contributed by atoms with Crippen LogP contribution >= 0.6 is 0 Å². The number of nitrogens with one attached hydrogen (secondary N) is 2. The number of aromatic nitrogens is 5. The largest absolute Gasteiger partial charge is 0.351 e. The fraction of sp³-hybridized carbons (Fsp3) is 0.400. The van der Waals surface area contributed by atoms with Crippen LogP contribution in [0.2, 0.25) is 0 Å². The second-order valence-corrected chi connectivity index (χ2v) is 6.70. The molecule has 114 valence electrons. The molecule has 21 heavy (non-hydrogen) atoms. The highest BCUT2D eigenvalue weighted by Crippen LogP contribution is 2.09. The Labute approximate surface area is 121 Å². The van der Waals surface area contributed by atoms with E-state index >= 15 is 0 Å². The molecule has 0 aromatic carbocycles. The SMILES string of the molecule is CC(CS(C)(=O)=O)Nc1nc(NN)nc(-n2cccn2)n1. The molecule has 0 radical (unpaired) electrons. The second-order valence-electron chi connectivity index (χ2n) is 4.52. The van der Waals surface area contributed by atoms with Gasteiger partial charge in [-0.3, -0.25) is 5.43 Å². The van der Waals surface area contributed by atoms with Crippen molar-refractivity contribution in [1.82, 2.24) is 24.7 Å². The van der Waals surface area contributed by atoms with E-state index in [2.05, 4.69) is 30.8 Å². The maximum atomic E-state index is 11.3. The molecule has 0 saturated carbocycles. The van der Waals surface area contributed by atoms with Crippen LogP contribution in [0, 0.1) is 0 Å². The smallest absolute Gasteiger partial charge is 0.257 e. The molecule has 0 spiro atoms. The number of nitrogens with two attached hydrogens (primary N) is 1. The maximum absolute atomic E-state index is 11.3. The van der Waals surface area contributed by atoms with Gasteiger partial charge in [0.15, 0.2) is 0 Å². The van der Waals surface area contributed by atoms with Crippen molar-refractivity contribution in [3.63, 3.8) is 0 Å². The van der Waals surface area contributed by atoms with Gasteiger partial charge in [0.25, 0.3) is 5.95 Å². The van der Waals surface area contributed by atoms with Crippen LogP contribution in [0.15, 0.2) is 18.5 Å². The molecule has 4 N–H and O–H groups in total. The third-order valence-electron chi connectivity index (χ3n) is 2.39. The number of anilines is 2. The van der Waals surface area contributed by atoms with E-state index in [9.17, 15) is 8.42 Å². The lowest BCUT2D eigenvalue weighted by Gasteiger charge is -2.13.